The van der Waals surface area contributed by atoms with E-state index in [0.29, 0.717) is 0 Å². The van der Waals surface area contributed by atoms with E-state index in [1.54, 1.807) is 27.7 Å². The van der Waals surface area contributed by atoms with Crippen LogP contribution in [0.5, 0.6) is 0 Å². The van der Waals surface area contributed by atoms with Crippen LogP contribution in [0.25, 0.3) is 0 Å². The summed E-state index contributed by atoms with van der Waals surface area (Å²) >= 11 is 5.86. The Labute approximate surface area is 110 Å². The number of carbonyl (C=O) groups is 2. The van der Waals surface area contributed by atoms with Gasteiger partial charge in [-0.3, -0.25) is 9.69 Å². The second-order valence-corrected chi connectivity index (χ2v) is 6.13. The van der Waals surface area contributed by atoms with Gasteiger partial charge in [-0.25, -0.2) is 4.79 Å². The summed E-state index contributed by atoms with van der Waals surface area (Å²) in [7, 11) is 0. The van der Waals surface area contributed by atoms with Gasteiger partial charge >= 0.3 is 5.97 Å². The fourth-order valence-corrected chi connectivity index (χ4v) is 2.34. The molecule has 0 aliphatic carbocycles. The largest absolute Gasteiger partial charge is 0.476 e. The number of fused-ring (bicyclic) bond motifs is 1. The molecule has 0 aromatic carbocycles. The first kappa shape index (κ1) is 13.2. The number of ether oxygens (including phenoxy) is 1. The van der Waals surface area contributed by atoms with Crippen molar-refractivity contribution in [2.45, 2.75) is 33.9 Å². The molecule has 2 heterocycles. The lowest BCUT2D eigenvalue weighted by Gasteiger charge is -2.47. The molecule has 2 aliphatic rings. The highest BCUT2D eigenvalue weighted by Crippen LogP contribution is 2.51. The summed E-state index contributed by atoms with van der Waals surface area (Å²) in [4.78, 5) is 24.5. The van der Waals surface area contributed by atoms with E-state index in [9.17, 15) is 14.7 Å². The van der Waals surface area contributed by atoms with Crippen LogP contribution in [0, 0.1) is 10.8 Å². The van der Waals surface area contributed by atoms with Gasteiger partial charge in [0.2, 0.25) is 5.91 Å². The summed E-state index contributed by atoms with van der Waals surface area (Å²) in [5, 5.41) is 9.28. The van der Waals surface area contributed by atoms with Crippen LogP contribution < -0.4 is 0 Å². The van der Waals surface area contributed by atoms with Crippen molar-refractivity contribution < 1.29 is 19.4 Å². The normalized spacial score (nSPS) is 25.7. The molecule has 6 heteroatoms. The number of nitrogens with zero attached hydrogens (tertiary/aromatic N) is 1. The number of aliphatic carboxylic acids is 1. The zero-order valence-electron chi connectivity index (χ0n) is 10.8. The first-order valence-corrected chi connectivity index (χ1v) is 6.22. The van der Waals surface area contributed by atoms with Gasteiger partial charge < -0.3 is 9.84 Å². The molecule has 0 aromatic rings. The van der Waals surface area contributed by atoms with E-state index in [4.69, 9.17) is 16.3 Å². The Balaban J connectivity index is 2.48. The van der Waals surface area contributed by atoms with Crippen LogP contribution in [0.4, 0.5) is 0 Å². The molecule has 0 spiro atoms. The zero-order valence-corrected chi connectivity index (χ0v) is 11.5. The SMILES string of the molecule is CC(C)(CCl)C1=C(C(=O)O)N2C(=O)C(C)(C)[C@H]2O1. The second-order valence-electron chi connectivity index (χ2n) is 5.87. The van der Waals surface area contributed by atoms with Gasteiger partial charge in [-0.05, 0) is 13.8 Å². The van der Waals surface area contributed by atoms with Crippen molar-refractivity contribution >= 4 is 23.5 Å². The molecular formula is C12H16ClNO4. The average molecular weight is 274 g/mol. The molecule has 1 amide bonds. The van der Waals surface area contributed by atoms with Gasteiger partial charge in [0.05, 0.1) is 0 Å². The Morgan fingerprint density at radius 3 is 2.56 bits per heavy atom. The molecule has 0 saturated carbocycles. The number of alkyl halides is 1. The molecule has 1 saturated heterocycles. The first-order chi connectivity index (χ1) is 8.14. The minimum atomic E-state index is -1.16. The molecule has 0 bridgehead atoms. The number of hydrogen-bond donors (Lipinski definition) is 1. The number of rotatable bonds is 3. The van der Waals surface area contributed by atoms with Gasteiger partial charge in [0.15, 0.2) is 11.9 Å². The maximum absolute atomic E-state index is 12.0. The van der Waals surface area contributed by atoms with Gasteiger partial charge in [-0.15, -0.1) is 11.6 Å². The van der Waals surface area contributed by atoms with Gasteiger partial charge in [-0.1, -0.05) is 13.8 Å². The van der Waals surface area contributed by atoms with E-state index in [-0.39, 0.29) is 23.2 Å². The minimum absolute atomic E-state index is 0.0741. The molecule has 18 heavy (non-hydrogen) atoms. The second kappa shape index (κ2) is 3.63. The summed E-state index contributed by atoms with van der Waals surface area (Å²) < 4.78 is 5.70. The fraction of sp³-hybridized carbons (Fsp3) is 0.667. The monoisotopic (exact) mass is 273 g/mol. The van der Waals surface area contributed by atoms with Crippen LogP contribution in [-0.2, 0) is 14.3 Å². The zero-order chi connectivity index (χ0) is 13.9. The van der Waals surface area contributed by atoms with E-state index in [1.807, 2.05) is 0 Å². The van der Waals surface area contributed by atoms with Crippen molar-refractivity contribution in [2.24, 2.45) is 10.8 Å². The first-order valence-electron chi connectivity index (χ1n) is 5.69. The Morgan fingerprint density at radius 1 is 1.56 bits per heavy atom. The number of halogens is 1. The highest BCUT2D eigenvalue weighted by Gasteiger charge is 2.64. The number of carbonyl (C=O) groups excluding carboxylic acids is 1. The molecule has 5 nitrogen and oxygen atoms in total. The predicted octanol–water partition coefficient (Wildman–Crippen LogP) is 1.77. The van der Waals surface area contributed by atoms with Crippen LogP contribution >= 0.6 is 11.6 Å². The number of hydrogen-bond acceptors (Lipinski definition) is 3. The Morgan fingerprint density at radius 2 is 2.11 bits per heavy atom. The van der Waals surface area contributed by atoms with E-state index in [2.05, 4.69) is 0 Å². The van der Waals surface area contributed by atoms with E-state index < -0.39 is 23.0 Å². The Hall–Kier alpha value is -1.23. The molecule has 1 fully saturated rings. The van der Waals surface area contributed by atoms with Crippen molar-refractivity contribution in [2.75, 3.05) is 5.88 Å². The summed E-state index contributed by atoms with van der Waals surface area (Å²) in [6.07, 6.45) is -0.534. The molecule has 2 aliphatic heterocycles. The third-order valence-corrected chi connectivity index (χ3v) is 4.13. The van der Waals surface area contributed by atoms with E-state index in [0.717, 1.165) is 0 Å². The maximum atomic E-state index is 12.0. The molecule has 1 N–H and O–H groups in total. The average Bonchev–Trinajstić information content (AvgIpc) is 2.67. The van der Waals surface area contributed by atoms with Crippen LogP contribution in [0.2, 0.25) is 0 Å². The van der Waals surface area contributed by atoms with Gasteiger partial charge in [0.25, 0.3) is 0 Å². The number of allylic oxidation sites excluding steroid dienone is 1. The standard InChI is InChI=1S/C12H16ClNO4/c1-11(2,5-13)7-6(8(15)16)14-9(17)12(3,4)10(14)18-7/h10H,5H2,1-4H3,(H,15,16)/t10-/m1/s1. The molecular weight excluding hydrogens is 258 g/mol. The highest BCUT2D eigenvalue weighted by atomic mass is 35.5. The molecule has 0 radical (unpaired) electrons. The topological polar surface area (TPSA) is 66.8 Å². The maximum Gasteiger partial charge on any atom is 0.356 e. The minimum Gasteiger partial charge on any atom is -0.476 e. The summed E-state index contributed by atoms with van der Waals surface area (Å²) in [5.74, 6) is -0.886. The molecule has 2 rings (SSSR count). The van der Waals surface area contributed by atoms with Gasteiger partial charge in [0.1, 0.15) is 11.2 Å². The van der Waals surface area contributed by atoms with Crippen molar-refractivity contribution in [3.05, 3.63) is 11.5 Å². The molecule has 1 atom stereocenters. The Bertz CT molecular complexity index is 467. The van der Waals surface area contributed by atoms with Gasteiger partial charge in [0, 0.05) is 11.3 Å². The van der Waals surface area contributed by atoms with Crippen molar-refractivity contribution in [1.29, 1.82) is 0 Å². The van der Waals surface area contributed by atoms with Crippen molar-refractivity contribution in [1.82, 2.24) is 4.90 Å². The number of carboxylic acid groups (broad SMARTS) is 1. The molecule has 0 aromatic heterocycles. The Kier molecular flexibility index (Phi) is 2.67. The van der Waals surface area contributed by atoms with Crippen LogP contribution in [0.1, 0.15) is 27.7 Å². The van der Waals surface area contributed by atoms with Crippen molar-refractivity contribution in [3.63, 3.8) is 0 Å². The lowest BCUT2D eigenvalue weighted by molar-refractivity contribution is -0.189. The summed E-state index contributed by atoms with van der Waals surface area (Å²) in [6, 6.07) is 0. The lowest BCUT2D eigenvalue weighted by Crippen LogP contribution is -2.64. The smallest absolute Gasteiger partial charge is 0.356 e. The quantitative estimate of drug-likeness (QED) is 0.629. The van der Waals surface area contributed by atoms with Gasteiger partial charge in [-0.2, -0.15) is 0 Å². The van der Waals surface area contributed by atoms with Crippen LogP contribution in [-0.4, -0.2) is 34.0 Å². The number of carboxylic acids is 1. The predicted molar refractivity (Wildman–Crippen MR) is 64.7 cm³/mol. The number of β-lactam (4-membered cyclic amide) rings is 1. The summed E-state index contributed by atoms with van der Waals surface area (Å²) in [5.41, 5.74) is -1.39. The molecule has 0 unspecified atom stereocenters. The highest BCUT2D eigenvalue weighted by molar-refractivity contribution is 6.18. The third kappa shape index (κ3) is 1.46. The third-order valence-electron chi connectivity index (χ3n) is 3.46. The van der Waals surface area contributed by atoms with E-state index >= 15 is 0 Å². The lowest BCUT2D eigenvalue weighted by atomic mass is 9.80. The fourth-order valence-electron chi connectivity index (χ4n) is 2.22. The number of amides is 1. The van der Waals surface area contributed by atoms with E-state index in [1.165, 1.54) is 4.90 Å². The van der Waals surface area contributed by atoms with Crippen LogP contribution in [0.15, 0.2) is 11.5 Å². The van der Waals surface area contributed by atoms with Crippen molar-refractivity contribution in [3.8, 4) is 0 Å². The molecule has 100 valence electrons. The summed E-state index contributed by atoms with van der Waals surface area (Å²) in [6.45, 7) is 7.07. The van der Waals surface area contributed by atoms with Crippen LogP contribution in [0.3, 0.4) is 0 Å².